The monoisotopic (exact) mass is 399 g/mol. The van der Waals surface area contributed by atoms with E-state index in [2.05, 4.69) is 12.6 Å². The van der Waals surface area contributed by atoms with Crippen LogP contribution in [-0.2, 0) is 6.54 Å². The highest BCUT2D eigenvalue weighted by atomic mass is 35.5. The van der Waals surface area contributed by atoms with Gasteiger partial charge in [0.2, 0.25) is 0 Å². The molecule has 29 heavy (non-hydrogen) atoms. The first-order valence-electron chi connectivity index (χ1n) is 9.13. The molecule has 1 aromatic heterocycles. The van der Waals surface area contributed by atoms with Crippen LogP contribution in [-0.4, -0.2) is 9.47 Å². The van der Waals surface area contributed by atoms with Gasteiger partial charge in [-0.05, 0) is 42.3 Å². The molecule has 5 heteroatoms. The third-order valence-electron chi connectivity index (χ3n) is 5.06. The summed E-state index contributed by atoms with van der Waals surface area (Å²) in [6.45, 7) is 6.66. The molecule has 0 aliphatic carbocycles. The first-order chi connectivity index (χ1) is 14.0. The van der Waals surface area contributed by atoms with Crippen LogP contribution in [0.1, 0.15) is 22.4 Å². The van der Waals surface area contributed by atoms with Gasteiger partial charge >= 0.3 is 0 Å². The Morgan fingerprint density at radius 1 is 1.14 bits per heavy atom. The van der Waals surface area contributed by atoms with Crippen LogP contribution in [0.25, 0.3) is 23.0 Å². The van der Waals surface area contributed by atoms with Crippen molar-refractivity contribution >= 4 is 23.5 Å². The van der Waals surface area contributed by atoms with Crippen LogP contribution in [0.2, 0.25) is 5.02 Å². The standard InChI is InChI=1S/C24H18ClN3O/c1-16-23-17(2)27(14-19-4-3-5-21(25)12-19)10-11-28(23)15-22(24(16)29)20-8-6-18(13-26)7-9-20/h3-12,15H,2,14H2,1H3. The summed E-state index contributed by atoms with van der Waals surface area (Å²) in [5.74, 6) is 0. The van der Waals surface area contributed by atoms with Gasteiger partial charge in [0.05, 0.1) is 23.0 Å². The van der Waals surface area contributed by atoms with E-state index in [0.717, 1.165) is 22.5 Å². The molecule has 142 valence electrons. The number of rotatable bonds is 3. The van der Waals surface area contributed by atoms with Crippen molar-refractivity contribution < 1.29 is 0 Å². The highest BCUT2D eigenvalue weighted by Gasteiger charge is 2.21. The summed E-state index contributed by atoms with van der Waals surface area (Å²) in [7, 11) is 0. The van der Waals surface area contributed by atoms with E-state index in [4.69, 9.17) is 16.9 Å². The van der Waals surface area contributed by atoms with Crippen LogP contribution in [0.4, 0.5) is 0 Å². The van der Waals surface area contributed by atoms with Crippen LogP contribution in [0.15, 0.2) is 72.3 Å². The van der Waals surface area contributed by atoms with Crippen LogP contribution in [0, 0.1) is 18.3 Å². The number of benzene rings is 2. The molecular formula is C24H18ClN3O. The second kappa shape index (κ2) is 7.46. The molecule has 4 nitrogen and oxygen atoms in total. The number of pyridine rings is 1. The lowest BCUT2D eigenvalue weighted by molar-refractivity contribution is 0.516. The second-order valence-corrected chi connectivity index (χ2v) is 7.38. The van der Waals surface area contributed by atoms with Gasteiger partial charge in [-0.25, -0.2) is 0 Å². The molecule has 0 saturated heterocycles. The number of fused-ring (bicyclic) bond motifs is 1. The molecule has 3 aromatic rings. The minimum atomic E-state index is -0.0416. The topological polar surface area (TPSA) is 49.0 Å². The Labute approximate surface area is 174 Å². The number of aromatic nitrogens is 1. The quantitative estimate of drug-likeness (QED) is 0.603. The zero-order valence-corrected chi connectivity index (χ0v) is 16.6. The molecule has 0 atom stereocenters. The van der Waals surface area contributed by atoms with Crippen molar-refractivity contribution in [1.29, 1.82) is 5.26 Å². The molecule has 0 amide bonds. The van der Waals surface area contributed by atoms with E-state index in [0.29, 0.717) is 28.3 Å². The van der Waals surface area contributed by atoms with E-state index in [1.807, 2.05) is 59.3 Å². The molecule has 1 aliphatic rings. The molecular weight excluding hydrogens is 382 g/mol. The number of nitrogens with zero attached hydrogens (tertiary/aromatic N) is 3. The molecule has 1 aliphatic heterocycles. The molecule has 0 spiro atoms. The van der Waals surface area contributed by atoms with Gasteiger partial charge in [-0.15, -0.1) is 0 Å². The molecule has 0 unspecified atom stereocenters. The summed E-state index contributed by atoms with van der Waals surface area (Å²) in [6, 6.07) is 16.8. The lowest BCUT2D eigenvalue weighted by atomic mass is 10.0. The number of hydrogen-bond donors (Lipinski definition) is 0. The summed E-state index contributed by atoms with van der Waals surface area (Å²) in [5.41, 5.74) is 5.14. The van der Waals surface area contributed by atoms with Crippen LogP contribution >= 0.6 is 11.6 Å². The van der Waals surface area contributed by atoms with E-state index < -0.39 is 0 Å². The maximum Gasteiger partial charge on any atom is 0.192 e. The fraction of sp³-hybridized carbons (Fsp3) is 0.0833. The van der Waals surface area contributed by atoms with Gasteiger partial charge < -0.3 is 9.47 Å². The predicted molar refractivity (Wildman–Crippen MR) is 117 cm³/mol. The van der Waals surface area contributed by atoms with Gasteiger partial charge in [0, 0.05) is 41.3 Å². The Hall–Kier alpha value is -3.55. The maximum absolute atomic E-state index is 13.1. The van der Waals surface area contributed by atoms with Crippen LogP contribution in [0.3, 0.4) is 0 Å². The molecule has 0 bridgehead atoms. The van der Waals surface area contributed by atoms with Crippen LogP contribution < -0.4 is 5.43 Å². The predicted octanol–water partition coefficient (Wildman–Crippen LogP) is 5.26. The van der Waals surface area contributed by atoms with E-state index in [9.17, 15) is 4.79 Å². The smallest absolute Gasteiger partial charge is 0.192 e. The molecule has 0 radical (unpaired) electrons. The first-order valence-corrected chi connectivity index (χ1v) is 9.50. The average molecular weight is 400 g/mol. The van der Waals surface area contributed by atoms with E-state index in [-0.39, 0.29) is 5.43 Å². The van der Waals surface area contributed by atoms with Crippen molar-refractivity contribution in [2.75, 3.05) is 0 Å². The summed E-state index contributed by atoms with van der Waals surface area (Å²) < 4.78 is 1.93. The maximum atomic E-state index is 13.1. The Bertz CT molecular complexity index is 1250. The van der Waals surface area contributed by atoms with Gasteiger partial charge in [-0.1, -0.05) is 42.4 Å². The van der Waals surface area contributed by atoms with E-state index in [1.54, 1.807) is 24.3 Å². The summed E-state index contributed by atoms with van der Waals surface area (Å²) in [4.78, 5) is 15.1. The molecule has 2 heterocycles. The normalized spacial score (nSPS) is 12.6. The Balaban J connectivity index is 1.73. The first kappa shape index (κ1) is 18.8. The van der Waals surface area contributed by atoms with E-state index >= 15 is 0 Å². The van der Waals surface area contributed by atoms with Gasteiger partial charge in [0.1, 0.15) is 0 Å². The Morgan fingerprint density at radius 2 is 1.90 bits per heavy atom. The number of nitriles is 1. The Kier molecular flexibility index (Phi) is 4.84. The van der Waals surface area contributed by atoms with Crippen molar-refractivity contribution in [3.8, 4) is 17.2 Å². The minimum absolute atomic E-state index is 0.0416. The van der Waals surface area contributed by atoms with Crippen molar-refractivity contribution in [2.24, 2.45) is 0 Å². The van der Waals surface area contributed by atoms with Gasteiger partial charge in [0.25, 0.3) is 0 Å². The Morgan fingerprint density at radius 3 is 2.59 bits per heavy atom. The lowest BCUT2D eigenvalue weighted by Crippen LogP contribution is -2.25. The van der Waals surface area contributed by atoms with Gasteiger partial charge in [0.15, 0.2) is 5.43 Å². The SMILES string of the molecule is C=C1c2c(C)c(=O)c(-c3ccc(C#N)cc3)cn2C=CN1Cc1cccc(Cl)c1. The molecule has 4 rings (SSSR count). The summed E-state index contributed by atoms with van der Waals surface area (Å²) in [6.07, 6.45) is 5.70. The zero-order chi connectivity index (χ0) is 20.5. The number of hydrogen-bond acceptors (Lipinski definition) is 3. The van der Waals surface area contributed by atoms with E-state index in [1.165, 1.54) is 0 Å². The highest BCUT2D eigenvalue weighted by molar-refractivity contribution is 6.30. The molecule has 0 N–H and O–H groups in total. The zero-order valence-electron chi connectivity index (χ0n) is 15.9. The fourth-order valence-corrected chi connectivity index (χ4v) is 3.75. The van der Waals surface area contributed by atoms with Gasteiger partial charge in [-0.3, -0.25) is 4.79 Å². The summed E-state index contributed by atoms with van der Waals surface area (Å²) >= 11 is 6.10. The highest BCUT2D eigenvalue weighted by Crippen LogP contribution is 2.29. The third kappa shape index (κ3) is 3.49. The molecule has 0 saturated carbocycles. The molecule has 2 aromatic carbocycles. The van der Waals surface area contributed by atoms with Crippen molar-refractivity contribution in [3.05, 3.63) is 105 Å². The van der Waals surface area contributed by atoms with Crippen molar-refractivity contribution in [2.45, 2.75) is 13.5 Å². The average Bonchev–Trinajstić information content (AvgIpc) is 2.72. The largest absolute Gasteiger partial charge is 0.341 e. The van der Waals surface area contributed by atoms with Crippen molar-refractivity contribution in [1.82, 2.24) is 9.47 Å². The lowest BCUT2D eigenvalue weighted by Gasteiger charge is -2.30. The summed E-state index contributed by atoms with van der Waals surface area (Å²) in [5, 5.41) is 9.67. The second-order valence-electron chi connectivity index (χ2n) is 6.94. The van der Waals surface area contributed by atoms with Gasteiger partial charge in [-0.2, -0.15) is 5.26 Å². The number of halogens is 1. The minimum Gasteiger partial charge on any atom is -0.341 e. The van der Waals surface area contributed by atoms with Crippen LogP contribution in [0.5, 0.6) is 0 Å². The van der Waals surface area contributed by atoms with Crippen molar-refractivity contribution in [3.63, 3.8) is 0 Å². The molecule has 0 fully saturated rings. The third-order valence-corrected chi connectivity index (χ3v) is 5.30. The fourth-order valence-electron chi connectivity index (χ4n) is 3.54.